The number of carboxylic acids is 1. The van der Waals surface area contributed by atoms with Crippen molar-refractivity contribution >= 4 is 30.0 Å². The molecule has 9 heteroatoms. The van der Waals surface area contributed by atoms with Gasteiger partial charge in [-0.15, -0.1) is 12.4 Å². The molecule has 0 bridgehead atoms. The second kappa shape index (κ2) is 10.3. The summed E-state index contributed by atoms with van der Waals surface area (Å²) >= 11 is 6.35. The van der Waals surface area contributed by atoms with Gasteiger partial charge in [-0.25, -0.2) is 0 Å². The molecule has 170 valence electrons. The van der Waals surface area contributed by atoms with Gasteiger partial charge < -0.3 is 14.4 Å². The summed E-state index contributed by atoms with van der Waals surface area (Å²) in [4.78, 5) is 17.7. The van der Waals surface area contributed by atoms with Crippen molar-refractivity contribution in [3.63, 3.8) is 0 Å². The molecule has 3 aromatic rings. The second-order valence-corrected chi connectivity index (χ2v) is 8.29. The predicted molar refractivity (Wildman–Crippen MR) is 124 cm³/mol. The molecule has 4 rings (SSSR count). The lowest BCUT2D eigenvalue weighted by atomic mass is 9.97. The van der Waals surface area contributed by atoms with Crippen LogP contribution in [0.1, 0.15) is 31.4 Å². The SMILES string of the molecule is CC(C)Oc1ccc(-c2nc(-c3cccc4c3CCCN(CC(=O)O)C4)no2)cc1Cl.Cl. The van der Waals surface area contributed by atoms with Crippen LogP contribution in [0, 0.1) is 0 Å². The lowest BCUT2D eigenvalue weighted by molar-refractivity contribution is -0.138. The number of halogens is 2. The molecular weight excluding hydrogens is 453 g/mol. The molecular formula is C23H25Cl2N3O4. The first-order valence-electron chi connectivity index (χ1n) is 10.3. The summed E-state index contributed by atoms with van der Waals surface area (Å²) in [7, 11) is 0. The number of hydrogen-bond donors (Lipinski definition) is 1. The smallest absolute Gasteiger partial charge is 0.317 e. The Morgan fingerprint density at radius 3 is 2.84 bits per heavy atom. The van der Waals surface area contributed by atoms with Crippen LogP contribution >= 0.6 is 24.0 Å². The Morgan fingerprint density at radius 1 is 1.31 bits per heavy atom. The molecule has 2 heterocycles. The number of fused-ring (bicyclic) bond motifs is 1. The number of nitrogens with zero attached hydrogens (tertiary/aromatic N) is 3. The minimum absolute atomic E-state index is 0. The zero-order valence-corrected chi connectivity index (χ0v) is 19.4. The Kier molecular flexibility index (Phi) is 7.77. The Balaban J connectivity index is 0.00000289. The van der Waals surface area contributed by atoms with E-state index in [1.807, 2.05) is 43.0 Å². The Bertz CT molecular complexity index is 1100. The van der Waals surface area contributed by atoms with Crippen LogP contribution in [0.2, 0.25) is 5.02 Å². The fraction of sp³-hybridized carbons (Fsp3) is 0.348. The molecule has 0 spiro atoms. The van der Waals surface area contributed by atoms with Crippen molar-refractivity contribution in [3.05, 3.63) is 52.5 Å². The van der Waals surface area contributed by atoms with Gasteiger partial charge in [-0.3, -0.25) is 9.69 Å². The van der Waals surface area contributed by atoms with E-state index in [1.54, 1.807) is 12.1 Å². The van der Waals surface area contributed by atoms with E-state index in [9.17, 15) is 4.79 Å². The van der Waals surface area contributed by atoms with Crippen LogP contribution in [-0.4, -0.2) is 45.3 Å². The van der Waals surface area contributed by atoms with Crippen LogP contribution < -0.4 is 4.74 Å². The van der Waals surface area contributed by atoms with E-state index in [0.717, 1.165) is 41.6 Å². The molecule has 2 aromatic carbocycles. The molecule has 0 radical (unpaired) electrons. The highest BCUT2D eigenvalue weighted by atomic mass is 35.5. The summed E-state index contributed by atoms with van der Waals surface area (Å²) in [5.74, 6) is 0.689. The highest BCUT2D eigenvalue weighted by molar-refractivity contribution is 6.32. The van der Waals surface area contributed by atoms with Gasteiger partial charge in [0, 0.05) is 17.7 Å². The van der Waals surface area contributed by atoms with Gasteiger partial charge in [0.05, 0.1) is 17.7 Å². The van der Waals surface area contributed by atoms with Crippen molar-refractivity contribution < 1.29 is 19.2 Å². The molecule has 1 aliphatic heterocycles. The minimum Gasteiger partial charge on any atom is -0.489 e. The van der Waals surface area contributed by atoms with Gasteiger partial charge in [0.2, 0.25) is 5.82 Å². The van der Waals surface area contributed by atoms with Gasteiger partial charge >= 0.3 is 5.97 Å². The van der Waals surface area contributed by atoms with Gasteiger partial charge in [0.25, 0.3) is 5.89 Å². The number of aliphatic carboxylic acids is 1. The minimum atomic E-state index is -0.814. The van der Waals surface area contributed by atoms with Crippen LogP contribution in [0.5, 0.6) is 5.75 Å². The Morgan fingerprint density at radius 2 is 2.12 bits per heavy atom. The summed E-state index contributed by atoms with van der Waals surface area (Å²) in [5, 5.41) is 13.8. The molecule has 0 aliphatic carbocycles. The van der Waals surface area contributed by atoms with Crippen LogP contribution in [-0.2, 0) is 17.8 Å². The largest absolute Gasteiger partial charge is 0.489 e. The van der Waals surface area contributed by atoms with E-state index in [1.165, 1.54) is 0 Å². The molecule has 7 nitrogen and oxygen atoms in total. The summed E-state index contributed by atoms with van der Waals surface area (Å²) < 4.78 is 11.2. The van der Waals surface area contributed by atoms with Crippen LogP contribution in [0.25, 0.3) is 22.8 Å². The van der Waals surface area contributed by atoms with Crippen molar-refractivity contribution in [3.8, 4) is 28.6 Å². The van der Waals surface area contributed by atoms with E-state index in [2.05, 4.69) is 10.1 Å². The first-order chi connectivity index (χ1) is 14.9. The summed E-state index contributed by atoms with van der Waals surface area (Å²) in [6.07, 6.45) is 1.73. The summed E-state index contributed by atoms with van der Waals surface area (Å²) in [6.45, 7) is 5.25. The maximum absolute atomic E-state index is 11.1. The van der Waals surface area contributed by atoms with Crippen LogP contribution in [0.4, 0.5) is 0 Å². The number of hydrogen-bond acceptors (Lipinski definition) is 6. The lowest BCUT2D eigenvalue weighted by Crippen LogP contribution is -2.29. The van der Waals surface area contributed by atoms with Gasteiger partial charge in [-0.1, -0.05) is 35.0 Å². The zero-order valence-electron chi connectivity index (χ0n) is 17.9. The molecule has 0 amide bonds. The average molecular weight is 478 g/mol. The topological polar surface area (TPSA) is 88.7 Å². The first kappa shape index (κ1) is 24.0. The normalized spacial score (nSPS) is 13.9. The van der Waals surface area contributed by atoms with Crippen molar-refractivity contribution in [2.45, 2.75) is 39.3 Å². The van der Waals surface area contributed by atoms with Crippen LogP contribution in [0.3, 0.4) is 0 Å². The zero-order chi connectivity index (χ0) is 22.0. The van der Waals surface area contributed by atoms with Crippen molar-refractivity contribution in [1.82, 2.24) is 15.0 Å². The third-order valence-electron chi connectivity index (χ3n) is 5.14. The maximum atomic E-state index is 11.1. The summed E-state index contributed by atoms with van der Waals surface area (Å²) in [5.41, 5.74) is 3.87. The standard InChI is InChI=1S/C23H24ClN3O4.ClH/c1-14(2)30-20-9-8-15(11-19(20)24)23-25-22(26-31-23)18-6-3-5-16-12-27(13-21(28)29)10-4-7-17(16)18;/h3,5-6,8-9,11,14H,4,7,10,12-13H2,1-2H3,(H,28,29);1H. The molecule has 0 unspecified atom stereocenters. The van der Waals surface area contributed by atoms with E-state index < -0.39 is 5.97 Å². The third-order valence-corrected chi connectivity index (χ3v) is 5.43. The van der Waals surface area contributed by atoms with Gasteiger partial charge in [-0.05, 0) is 62.6 Å². The van der Waals surface area contributed by atoms with Gasteiger partial charge in [0.15, 0.2) is 0 Å². The maximum Gasteiger partial charge on any atom is 0.317 e. The number of aromatic nitrogens is 2. The molecule has 0 fully saturated rings. The van der Waals surface area contributed by atoms with Gasteiger partial charge in [0.1, 0.15) is 5.75 Å². The number of carboxylic acid groups (broad SMARTS) is 1. The highest BCUT2D eigenvalue weighted by Crippen LogP contribution is 2.33. The van der Waals surface area contributed by atoms with E-state index >= 15 is 0 Å². The van der Waals surface area contributed by atoms with E-state index in [4.69, 9.17) is 26.0 Å². The quantitative estimate of drug-likeness (QED) is 0.528. The first-order valence-corrected chi connectivity index (χ1v) is 10.6. The molecule has 32 heavy (non-hydrogen) atoms. The number of ether oxygens (including phenoxy) is 1. The lowest BCUT2D eigenvalue weighted by Gasteiger charge is -2.17. The van der Waals surface area contributed by atoms with E-state index in [-0.39, 0.29) is 25.1 Å². The Labute approximate surface area is 197 Å². The van der Waals surface area contributed by atoms with Crippen LogP contribution in [0.15, 0.2) is 40.9 Å². The Hall–Kier alpha value is -2.61. The second-order valence-electron chi connectivity index (χ2n) is 7.89. The monoisotopic (exact) mass is 477 g/mol. The number of carbonyl (C=O) groups is 1. The fourth-order valence-electron chi connectivity index (χ4n) is 3.85. The third kappa shape index (κ3) is 5.41. The van der Waals surface area contributed by atoms with Crippen molar-refractivity contribution in [2.24, 2.45) is 0 Å². The van der Waals surface area contributed by atoms with Gasteiger partial charge in [-0.2, -0.15) is 4.98 Å². The fourth-order valence-corrected chi connectivity index (χ4v) is 4.07. The number of benzene rings is 2. The van der Waals surface area contributed by atoms with Crippen molar-refractivity contribution in [2.75, 3.05) is 13.1 Å². The molecule has 1 aromatic heterocycles. The molecule has 0 atom stereocenters. The highest BCUT2D eigenvalue weighted by Gasteiger charge is 2.21. The van der Waals surface area contributed by atoms with Crippen molar-refractivity contribution in [1.29, 1.82) is 0 Å². The number of rotatable bonds is 6. The molecule has 0 saturated heterocycles. The van der Waals surface area contributed by atoms with E-state index in [0.29, 0.717) is 29.0 Å². The molecule has 0 saturated carbocycles. The summed E-state index contributed by atoms with van der Waals surface area (Å²) in [6, 6.07) is 11.4. The molecule has 1 aliphatic rings. The predicted octanol–water partition coefficient (Wildman–Crippen LogP) is 5.10. The molecule has 1 N–H and O–H groups in total. The average Bonchev–Trinajstić information content (AvgIpc) is 3.10.